The van der Waals surface area contributed by atoms with Crippen molar-refractivity contribution in [2.75, 3.05) is 38.0 Å². The molecule has 1 atom stereocenters. The van der Waals surface area contributed by atoms with Crippen molar-refractivity contribution in [1.29, 1.82) is 0 Å². The van der Waals surface area contributed by atoms with Gasteiger partial charge in [-0.1, -0.05) is 60.7 Å². The standard InChI is InChI=1S/C33H35N7O4S/c41-29-12-7-18-40(33(44)28-22-45-32(39-28)24-10-5-2-6-11-24)19-17-37-30(42)27(20-23-8-3-1-4-9-23)38-31(43)26-21-25(13-14-35-26)34-15-16-36-29/h1-6,8-11,13-14,21-22,27,34H,7,12,15-20H2,(H,36,41)(H,37,42)(H,38,43)/t27-/m0/s1. The number of nitrogens with zero attached hydrogens (tertiary/aromatic N) is 3. The van der Waals surface area contributed by atoms with Gasteiger partial charge in [-0.25, -0.2) is 4.98 Å². The molecule has 2 bridgehead atoms. The maximum atomic E-state index is 13.6. The van der Waals surface area contributed by atoms with E-state index < -0.39 is 11.9 Å². The third-order valence-corrected chi connectivity index (χ3v) is 8.11. The van der Waals surface area contributed by atoms with E-state index >= 15 is 0 Å². The summed E-state index contributed by atoms with van der Waals surface area (Å²) in [5.41, 5.74) is 2.93. The number of amides is 4. The number of pyridine rings is 1. The van der Waals surface area contributed by atoms with E-state index in [-0.39, 0.29) is 49.3 Å². The maximum absolute atomic E-state index is 13.6. The van der Waals surface area contributed by atoms with Gasteiger partial charge in [-0.15, -0.1) is 11.3 Å². The number of carbonyl (C=O) groups excluding carboxylic acids is 4. The Balaban J connectivity index is 1.33. The van der Waals surface area contributed by atoms with Gasteiger partial charge in [0.25, 0.3) is 11.8 Å². The summed E-state index contributed by atoms with van der Waals surface area (Å²) >= 11 is 1.38. The molecule has 0 saturated carbocycles. The number of aromatic nitrogens is 2. The highest BCUT2D eigenvalue weighted by molar-refractivity contribution is 7.13. The molecular formula is C33H35N7O4S. The van der Waals surface area contributed by atoms with E-state index in [4.69, 9.17) is 0 Å². The minimum absolute atomic E-state index is 0.131. The third kappa shape index (κ3) is 8.96. The molecule has 3 heterocycles. The molecule has 0 radical (unpaired) electrons. The van der Waals surface area contributed by atoms with Crippen LogP contribution < -0.4 is 21.3 Å². The van der Waals surface area contributed by atoms with Crippen molar-refractivity contribution in [2.24, 2.45) is 0 Å². The second kappa shape index (κ2) is 15.6. The van der Waals surface area contributed by atoms with Gasteiger partial charge in [0, 0.05) is 68.4 Å². The molecule has 5 rings (SSSR count). The van der Waals surface area contributed by atoms with Crippen LogP contribution in [0, 0.1) is 0 Å². The Labute approximate surface area is 265 Å². The highest BCUT2D eigenvalue weighted by Gasteiger charge is 2.24. The largest absolute Gasteiger partial charge is 0.383 e. The van der Waals surface area contributed by atoms with Crippen molar-refractivity contribution >= 4 is 40.7 Å². The minimum Gasteiger partial charge on any atom is -0.383 e. The first kappa shape index (κ1) is 31.3. The number of hydrogen-bond donors (Lipinski definition) is 4. The van der Waals surface area contributed by atoms with Crippen LogP contribution >= 0.6 is 11.3 Å². The third-order valence-electron chi connectivity index (χ3n) is 7.22. The SMILES string of the molecule is O=C1CCCN(C(=O)c2csc(-c3ccccc3)n2)CCNC(=O)[C@H](Cc2ccccc2)NC(=O)c2cc(ccn2)NCCN1. The van der Waals surface area contributed by atoms with Gasteiger partial charge in [0.05, 0.1) is 0 Å². The molecule has 12 heteroatoms. The predicted octanol–water partition coefficient (Wildman–Crippen LogP) is 3.13. The molecule has 232 valence electrons. The van der Waals surface area contributed by atoms with Crippen LogP contribution in [0.3, 0.4) is 0 Å². The van der Waals surface area contributed by atoms with Crippen LogP contribution in [0.15, 0.2) is 84.4 Å². The smallest absolute Gasteiger partial charge is 0.273 e. The van der Waals surface area contributed by atoms with Crippen LogP contribution in [0.25, 0.3) is 10.6 Å². The Hall–Kier alpha value is -5.10. The first-order valence-corrected chi connectivity index (χ1v) is 15.7. The van der Waals surface area contributed by atoms with Gasteiger partial charge in [-0.2, -0.15) is 0 Å². The number of anilines is 1. The monoisotopic (exact) mass is 625 g/mol. The Morgan fingerprint density at radius 1 is 0.889 bits per heavy atom. The van der Waals surface area contributed by atoms with Gasteiger partial charge in [0.2, 0.25) is 11.8 Å². The maximum Gasteiger partial charge on any atom is 0.273 e. The lowest BCUT2D eigenvalue weighted by Crippen LogP contribution is -2.50. The zero-order valence-corrected chi connectivity index (χ0v) is 25.5. The fraction of sp³-hybridized carbons (Fsp3) is 0.273. The summed E-state index contributed by atoms with van der Waals surface area (Å²) in [6, 6.07) is 21.5. The molecule has 4 N–H and O–H groups in total. The molecule has 0 saturated heterocycles. The number of nitrogens with one attached hydrogen (secondary N) is 4. The fourth-order valence-electron chi connectivity index (χ4n) is 4.88. The van der Waals surface area contributed by atoms with E-state index in [2.05, 4.69) is 31.2 Å². The van der Waals surface area contributed by atoms with Crippen LogP contribution in [0.4, 0.5) is 5.69 Å². The second-order valence-electron chi connectivity index (χ2n) is 10.5. The number of hydrogen-bond acceptors (Lipinski definition) is 8. The lowest BCUT2D eigenvalue weighted by molar-refractivity contribution is -0.123. The van der Waals surface area contributed by atoms with E-state index in [0.29, 0.717) is 37.4 Å². The van der Waals surface area contributed by atoms with E-state index in [1.165, 1.54) is 17.5 Å². The summed E-state index contributed by atoms with van der Waals surface area (Å²) in [6.45, 7) is 1.47. The Kier molecular flexibility index (Phi) is 10.8. The van der Waals surface area contributed by atoms with Gasteiger partial charge in [0.15, 0.2) is 0 Å². The van der Waals surface area contributed by atoms with Crippen LogP contribution in [-0.2, 0) is 16.0 Å². The van der Waals surface area contributed by atoms with Crippen LogP contribution in [0.2, 0.25) is 0 Å². The average Bonchev–Trinajstić information content (AvgIpc) is 3.56. The lowest BCUT2D eigenvalue weighted by Gasteiger charge is -2.23. The van der Waals surface area contributed by atoms with Crippen molar-refractivity contribution in [1.82, 2.24) is 30.8 Å². The van der Waals surface area contributed by atoms with Crippen LogP contribution in [-0.4, -0.2) is 77.3 Å². The minimum atomic E-state index is -0.877. The lowest BCUT2D eigenvalue weighted by atomic mass is 10.0. The highest BCUT2D eigenvalue weighted by atomic mass is 32.1. The Morgan fingerprint density at radius 2 is 1.64 bits per heavy atom. The van der Waals surface area contributed by atoms with Crippen LogP contribution in [0.5, 0.6) is 0 Å². The molecule has 4 aromatic rings. The molecule has 45 heavy (non-hydrogen) atoms. The van der Waals surface area contributed by atoms with E-state index in [0.717, 1.165) is 16.1 Å². The molecule has 2 aromatic heterocycles. The average molecular weight is 626 g/mol. The van der Waals surface area contributed by atoms with Crippen LogP contribution in [0.1, 0.15) is 39.4 Å². The molecular weight excluding hydrogens is 590 g/mol. The summed E-state index contributed by atoms with van der Waals surface area (Å²) in [7, 11) is 0. The number of benzene rings is 2. The predicted molar refractivity (Wildman–Crippen MR) is 173 cm³/mol. The molecule has 11 nitrogen and oxygen atoms in total. The van der Waals surface area contributed by atoms with E-state index in [1.54, 1.807) is 22.4 Å². The number of rotatable bonds is 4. The normalized spacial score (nSPS) is 17.0. The van der Waals surface area contributed by atoms with Gasteiger partial charge in [-0.05, 0) is 24.1 Å². The first-order chi connectivity index (χ1) is 22.0. The van der Waals surface area contributed by atoms with Crippen molar-refractivity contribution < 1.29 is 19.2 Å². The van der Waals surface area contributed by atoms with Crippen molar-refractivity contribution in [3.05, 3.63) is 101 Å². The van der Waals surface area contributed by atoms with Crippen molar-refractivity contribution in [2.45, 2.75) is 25.3 Å². The topological polar surface area (TPSA) is 145 Å². The molecule has 0 spiro atoms. The molecule has 4 amide bonds. The quantitative estimate of drug-likeness (QED) is 0.273. The fourth-order valence-corrected chi connectivity index (χ4v) is 5.68. The molecule has 0 aliphatic carbocycles. The van der Waals surface area contributed by atoms with Gasteiger partial charge in [0.1, 0.15) is 22.4 Å². The van der Waals surface area contributed by atoms with Gasteiger partial charge in [-0.3, -0.25) is 24.2 Å². The molecule has 0 fully saturated rings. The summed E-state index contributed by atoms with van der Waals surface area (Å²) in [4.78, 5) is 63.1. The zero-order valence-electron chi connectivity index (χ0n) is 24.7. The zero-order chi connectivity index (χ0) is 31.4. The number of carbonyl (C=O) groups is 4. The number of fused-ring (bicyclic) bond motifs is 2. The summed E-state index contributed by atoms with van der Waals surface area (Å²) in [5, 5.41) is 14.2. The highest BCUT2D eigenvalue weighted by Crippen LogP contribution is 2.24. The molecule has 2 aromatic carbocycles. The molecule has 0 unspecified atom stereocenters. The van der Waals surface area contributed by atoms with Gasteiger partial charge >= 0.3 is 0 Å². The molecule has 1 aliphatic heterocycles. The molecule has 1 aliphatic rings. The second-order valence-corrected chi connectivity index (χ2v) is 11.4. The van der Waals surface area contributed by atoms with Crippen molar-refractivity contribution in [3.8, 4) is 10.6 Å². The summed E-state index contributed by atoms with van der Waals surface area (Å²) < 4.78 is 0. The Bertz CT molecular complexity index is 1610. The van der Waals surface area contributed by atoms with Crippen molar-refractivity contribution in [3.63, 3.8) is 0 Å². The first-order valence-electron chi connectivity index (χ1n) is 14.9. The van der Waals surface area contributed by atoms with E-state index in [9.17, 15) is 19.2 Å². The summed E-state index contributed by atoms with van der Waals surface area (Å²) in [5.74, 6) is -1.28. The van der Waals surface area contributed by atoms with Gasteiger partial charge < -0.3 is 26.2 Å². The summed E-state index contributed by atoms with van der Waals surface area (Å²) in [6.07, 6.45) is 2.46. The number of thiazole rings is 1. The van der Waals surface area contributed by atoms with E-state index in [1.807, 2.05) is 60.7 Å². The Morgan fingerprint density at radius 3 is 2.44 bits per heavy atom.